The summed E-state index contributed by atoms with van der Waals surface area (Å²) in [6.07, 6.45) is 5.25. The maximum Gasteiger partial charge on any atom is 0.0471 e. The van der Waals surface area contributed by atoms with Gasteiger partial charge in [0.15, 0.2) is 0 Å². The van der Waals surface area contributed by atoms with E-state index in [1.165, 1.54) is 43.7 Å². The third-order valence-electron chi connectivity index (χ3n) is 3.52. The number of nitrogens with zero attached hydrogens (tertiary/aromatic N) is 1. The molecule has 14 heavy (non-hydrogen) atoms. The number of rotatable bonds is 2. The average molecular weight is 215 g/mol. The van der Waals surface area contributed by atoms with Crippen molar-refractivity contribution in [3.63, 3.8) is 0 Å². The number of thioether (sulfide) groups is 1. The Labute approximate surface area is 91.1 Å². The molecule has 3 heteroatoms. The minimum atomic E-state index is 0.387. The van der Waals surface area contributed by atoms with Crippen molar-refractivity contribution in [1.82, 2.24) is 4.90 Å². The first-order valence-corrected chi connectivity index (χ1v) is 6.98. The maximum atomic E-state index is 9.18. The highest BCUT2D eigenvalue weighted by atomic mass is 32.2. The number of likely N-dealkylation sites (tertiary alicyclic amines) is 1. The normalized spacial score (nSPS) is 31.9. The first kappa shape index (κ1) is 10.8. The number of piperidine rings is 1. The number of aliphatic hydroxyl groups is 1. The molecule has 1 atom stereocenters. The maximum absolute atomic E-state index is 9.18. The average Bonchev–Trinajstić information content (AvgIpc) is 2.30. The van der Waals surface area contributed by atoms with Crippen LogP contribution < -0.4 is 0 Å². The highest BCUT2D eigenvalue weighted by Gasteiger charge is 2.26. The molecule has 0 aromatic rings. The van der Waals surface area contributed by atoms with Crippen LogP contribution in [0.3, 0.4) is 0 Å². The lowest BCUT2D eigenvalue weighted by atomic mass is 9.96. The molecule has 2 heterocycles. The molecule has 2 nitrogen and oxygen atoms in total. The van der Waals surface area contributed by atoms with E-state index >= 15 is 0 Å². The molecule has 0 aliphatic carbocycles. The van der Waals surface area contributed by atoms with Gasteiger partial charge in [-0.3, -0.25) is 4.90 Å². The molecule has 2 rings (SSSR count). The zero-order valence-corrected chi connectivity index (χ0v) is 9.64. The summed E-state index contributed by atoms with van der Waals surface area (Å²) < 4.78 is 0. The Kier molecular flexibility index (Phi) is 4.14. The van der Waals surface area contributed by atoms with Crippen LogP contribution in [-0.2, 0) is 0 Å². The van der Waals surface area contributed by atoms with E-state index in [2.05, 4.69) is 16.7 Å². The molecule has 2 aliphatic rings. The standard InChI is InChI=1S/C11H21NOS/c13-9-10-2-1-5-12(8-10)11-3-6-14-7-4-11/h10-11,13H,1-9H2/t10-/m0/s1. The lowest BCUT2D eigenvalue weighted by molar-refractivity contribution is 0.0842. The van der Waals surface area contributed by atoms with E-state index < -0.39 is 0 Å². The molecular formula is C11H21NOS. The topological polar surface area (TPSA) is 23.5 Å². The van der Waals surface area contributed by atoms with Gasteiger partial charge in [-0.2, -0.15) is 11.8 Å². The summed E-state index contributed by atoms with van der Waals surface area (Å²) in [6.45, 7) is 2.80. The summed E-state index contributed by atoms with van der Waals surface area (Å²) in [5.74, 6) is 3.23. The fourth-order valence-corrected chi connectivity index (χ4v) is 3.71. The van der Waals surface area contributed by atoms with Gasteiger partial charge in [-0.15, -0.1) is 0 Å². The van der Waals surface area contributed by atoms with Gasteiger partial charge in [0.1, 0.15) is 0 Å². The Morgan fingerprint density at radius 3 is 2.71 bits per heavy atom. The van der Waals surface area contributed by atoms with Gasteiger partial charge < -0.3 is 5.11 Å². The largest absolute Gasteiger partial charge is 0.396 e. The van der Waals surface area contributed by atoms with Crippen LogP contribution in [0.15, 0.2) is 0 Å². The number of hydrogen-bond acceptors (Lipinski definition) is 3. The van der Waals surface area contributed by atoms with E-state index in [-0.39, 0.29) is 0 Å². The van der Waals surface area contributed by atoms with E-state index in [9.17, 15) is 5.11 Å². The fourth-order valence-electron chi connectivity index (χ4n) is 2.63. The minimum Gasteiger partial charge on any atom is -0.396 e. The predicted molar refractivity (Wildman–Crippen MR) is 61.7 cm³/mol. The van der Waals surface area contributed by atoms with Crippen molar-refractivity contribution >= 4 is 11.8 Å². The summed E-state index contributed by atoms with van der Waals surface area (Å²) in [4.78, 5) is 2.63. The fraction of sp³-hybridized carbons (Fsp3) is 1.00. The second-order valence-corrected chi connectivity index (χ2v) is 5.75. The van der Waals surface area contributed by atoms with Crippen LogP contribution in [0.25, 0.3) is 0 Å². The van der Waals surface area contributed by atoms with E-state index in [1.807, 2.05) is 0 Å². The summed E-state index contributed by atoms with van der Waals surface area (Å²) in [5.41, 5.74) is 0. The number of hydrogen-bond donors (Lipinski definition) is 1. The molecule has 0 radical (unpaired) electrons. The molecule has 1 N–H and O–H groups in total. The van der Waals surface area contributed by atoms with Crippen molar-refractivity contribution in [3.8, 4) is 0 Å². The van der Waals surface area contributed by atoms with Gasteiger partial charge in [-0.05, 0) is 49.7 Å². The molecular weight excluding hydrogens is 194 g/mol. The monoisotopic (exact) mass is 215 g/mol. The zero-order valence-electron chi connectivity index (χ0n) is 8.82. The van der Waals surface area contributed by atoms with Crippen LogP contribution in [0.5, 0.6) is 0 Å². The van der Waals surface area contributed by atoms with Crippen LogP contribution in [0, 0.1) is 5.92 Å². The van der Waals surface area contributed by atoms with E-state index in [0.717, 1.165) is 12.6 Å². The lowest BCUT2D eigenvalue weighted by Crippen LogP contribution is -2.45. The summed E-state index contributed by atoms with van der Waals surface area (Å²) in [6, 6.07) is 0.825. The third-order valence-corrected chi connectivity index (χ3v) is 4.56. The van der Waals surface area contributed by atoms with Crippen molar-refractivity contribution in [2.75, 3.05) is 31.2 Å². The Balaban J connectivity index is 1.83. The van der Waals surface area contributed by atoms with Crippen molar-refractivity contribution in [3.05, 3.63) is 0 Å². The van der Waals surface area contributed by atoms with Crippen LogP contribution in [0.1, 0.15) is 25.7 Å². The second-order valence-electron chi connectivity index (χ2n) is 4.53. The van der Waals surface area contributed by atoms with Gasteiger partial charge in [0, 0.05) is 19.2 Å². The smallest absolute Gasteiger partial charge is 0.0471 e. The Morgan fingerprint density at radius 2 is 2.00 bits per heavy atom. The predicted octanol–water partition coefficient (Wildman–Crippen LogP) is 1.59. The molecule has 82 valence electrons. The molecule has 2 aliphatic heterocycles. The molecule has 0 saturated carbocycles. The Morgan fingerprint density at radius 1 is 1.21 bits per heavy atom. The van der Waals surface area contributed by atoms with Crippen LogP contribution >= 0.6 is 11.8 Å². The van der Waals surface area contributed by atoms with E-state index in [1.54, 1.807) is 0 Å². The van der Waals surface area contributed by atoms with Crippen LogP contribution in [-0.4, -0.2) is 47.3 Å². The van der Waals surface area contributed by atoms with Gasteiger partial charge in [-0.25, -0.2) is 0 Å². The lowest BCUT2D eigenvalue weighted by Gasteiger charge is -2.39. The SMILES string of the molecule is OC[C@H]1CCCN(C2CCSCC2)C1. The zero-order chi connectivity index (χ0) is 9.80. The van der Waals surface area contributed by atoms with Crippen molar-refractivity contribution < 1.29 is 5.11 Å². The molecule has 0 aromatic heterocycles. The molecule has 0 bridgehead atoms. The van der Waals surface area contributed by atoms with Gasteiger partial charge >= 0.3 is 0 Å². The molecule has 0 amide bonds. The third kappa shape index (κ3) is 2.65. The van der Waals surface area contributed by atoms with Crippen LogP contribution in [0.4, 0.5) is 0 Å². The first-order valence-electron chi connectivity index (χ1n) is 5.83. The summed E-state index contributed by atoms with van der Waals surface area (Å²) in [7, 11) is 0. The van der Waals surface area contributed by atoms with Crippen LogP contribution in [0.2, 0.25) is 0 Å². The van der Waals surface area contributed by atoms with E-state index in [0.29, 0.717) is 12.5 Å². The molecule has 0 unspecified atom stereocenters. The number of aliphatic hydroxyl groups excluding tert-OH is 1. The first-order chi connectivity index (χ1) is 6.90. The molecule has 0 aromatic carbocycles. The van der Waals surface area contributed by atoms with Gasteiger partial charge in [0.25, 0.3) is 0 Å². The molecule has 2 saturated heterocycles. The second kappa shape index (κ2) is 5.38. The van der Waals surface area contributed by atoms with Gasteiger partial charge in [0.05, 0.1) is 0 Å². The van der Waals surface area contributed by atoms with Gasteiger partial charge in [-0.1, -0.05) is 0 Å². The molecule has 0 spiro atoms. The quantitative estimate of drug-likeness (QED) is 0.756. The van der Waals surface area contributed by atoms with Crippen molar-refractivity contribution in [1.29, 1.82) is 0 Å². The van der Waals surface area contributed by atoms with Gasteiger partial charge in [0.2, 0.25) is 0 Å². The van der Waals surface area contributed by atoms with Crippen molar-refractivity contribution in [2.45, 2.75) is 31.7 Å². The summed E-state index contributed by atoms with van der Waals surface area (Å²) >= 11 is 2.09. The van der Waals surface area contributed by atoms with Crippen molar-refractivity contribution in [2.24, 2.45) is 5.92 Å². The summed E-state index contributed by atoms with van der Waals surface area (Å²) in [5, 5.41) is 9.18. The Hall–Kier alpha value is 0.270. The highest BCUT2D eigenvalue weighted by molar-refractivity contribution is 7.99. The van der Waals surface area contributed by atoms with E-state index in [4.69, 9.17) is 0 Å². The minimum absolute atomic E-state index is 0.387. The molecule has 2 fully saturated rings. The highest BCUT2D eigenvalue weighted by Crippen LogP contribution is 2.26. The Bertz CT molecular complexity index is 171.